The third-order valence-corrected chi connectivity index (χ3v) is 12.5. The first kappa shape index (κ1) is 46.2. The molecule has 4 aromatic rings. The summed E-state index contributed by atoms with van der Waals surface area (Å²) >= 11 is 0. The van der Waals surface area contributed by atoms with Crippen LogP contribution in [0.4, 0.5) is 11.9 Å². The van der Waals surface area contributed by atoms with Crippen LogP contribution in [-0.2, 0) is 48.3 Å². The van der Waals surface area contributed by atoms with Gasteiger partial charge in [-0.25, -0.2) is 9.55 Å². The molecule has 292 valence electrons. The summed E-state index contributed by atoms with van der Waals surface area (Å²) in [5.74, 6) is -0.561. The maximum atomic E-state index is 12.5. The number of nitrogens with two attached hydrogens (primary N) is 2. The third-order valence-electron chi connectivity index (χ3n) is 7.97. The van der Waals surface area contributed by atoms with Gasteiger partial charge in [-0.2, -0.15) is 9.84 Å². The van der Waals surface area contributed by atoms with Crippen LogP contribution in [0.15, 0.2) is 22.2 Å². The number of nitrogen functional groups attached to an aromatic ring is 2. The number of H-pyrrole nitrogens is 2. The number of aliphatic hydroxyl groups is 3. The van der Waals surface area contributed by atoms with Crippen molar-refractivity contribution in [3.63, 3.8) is 0 Å². The van der Waals surface area contributed by atoms with Crippen molar-refractivity contribution >= 4 is 57.5 Å². The molecule has 0 aliphatic carbocycles. The fraction of sp³-hybridized carbons (Fsp3) is 0.545. The van der Waals surface area contributed by atoms with Crippen LogP contribution in [-0.4, -0.2) is 106 Å². The van der Waals surface area contributed by atoms with Crippen LogP contribution in [0.1, 0.15) is 12.5 Å². The van der Waals surface area contributed by atoms with E-state index in [0.717, 1.165) is 15.8 Å². The number of nitrogens with one attached hydrogen (secondary N) is 3. The van der Waals surface area contributed by atoms with Crippen LogP contribution < -0.4 is 106 Å². The molecule has 0 amide bonds. The van der Waals surface area contributed by atoms with E-state index < -0.39 is 96.7 Å². The zero-order valence-corrected chi connectivity index (χ0v) is 35.6. The molecule has 4 aromatic heterocycles. The molecule has 55 heavy (non-hydrogen) atoms. The topological polar surface area (TPSA) is 419 Å². The van der Waals surface area contributed by atoms with Gasteiger partial charge in [-0.15, -0.1) is 0 Å². The van der Waals surface area contributed by atoms with Gasteiger partial charge in [-0.05, 0) is 0 Å². The van der Waals surface area contributed by atoms with E-state index in [2.05, 4.69) is 38.3 Å². The van der Waals surface area contributed by atoms with Crippen LogP contribution in [0, 0.1) is 0 Å². The van der Waals surface area contributed by atoms with E-state index >= 15 is 0 Å². The largest absolute Gasteiger partial charge is 1.00 e. The summed E-state index contributed by atoms with van der Waals surface area (Å²) in [6.07, 6.45) is -9.99. The number of methoxy groups -OCH3 is 1. The Hall–Kier alpha value is -1.53. The number of nitrogens with zero attached hydrogens (tertiary/aromatic N) is 6. The summed E-state index contributed by atoms with van der Waals surface area (Å²) in [4.78, 5) is 79.0. The quantitative estimate of drug-likeness (QED) is 0.0351. The van der Waals surface area contributed by atoms with Crippen LogP contribution in [0.2, 0.25) is 0 Å². The number of aryl methyl sites for hydroxylation is 1. The number of imidazole rings is 2. The van der Waals surface area contributed by atoms with Gasteiger partial charge >= 0.3 is 64.8 Å². The van der Waals surface area contributed by atoms with Crippen molar-refractivity contribution in [1.29, 1.82) is 0 Å². The zero-order valence-electron chi connectivity index (χ0n) is 28.9. The number of hydrogen-bond donors (Lipinski definition) is 8. The summed E-state index contributed by atoms with van der Waals surface area (Å²) in [7, 11) is -15.1. The van der Waals surface area contributed by atoms with E-state index in [1.54, 1.807) is 0 Å². The van der Waals surface area contributed by atoms with E-state index in [4.69, 9.17) is 25.7 Å². The Bertz CT molecular complexity index is 2310. The van der Waals surface area contributed by atoms with Gasteiger partial charge in [0, 0.05) is 7.11 Å². The molecule has 2 aliphatic rings. The Labute approximate surface area is 350 Å². The molecule has 6 heterocycles. The molecule has 2 fully saturated rings. The summed E-state index contributed by atoms with van der Waals surface area (Å²) in [6, 6.07) is 0. The van der Waals surface area contributed by atoms with Crippen LogP contribution in [0.5, 0.6) is 0 Å². The van der Waals surface area contributed by atoms with E-state index in [9.17, 15) is 53.3 Å². The molecule has 10 N–H and O–H groups in total. The van der Waals surface area contributed by atoms with Crippen LogP contribution >= 0.6 is 23.3 Å². The normalized spacial score (nSPS) is 28.7. The second kappa shape index (κ2) is 17.4. The molecule has 28 nitrogen and oxygen atoms in total. The summed E-state index contributed by atoms with van der Waals surface area (Å²) < 4.78 is 70.5. The molecule has 2 saturated heterocycles. The van der Waals surface area contributed by atoms with Gasteiger partial charge < -0.3 is 64.7 Å². The Morgan fingerprint density at radius 3 is 2.24 bits per heavy atom. The van der Waals surface area contributed by atoms with Crippen molar-refractivity contribution in [3.8, 4) is 0 Å². The Balaban J connectivity index is 0.00000336. The Morgan fingerprint density at radius 2 is 1.56 bits per heavy atom. The fourth-order valence-electron chi connectivity index (χ4n) is 5.70. The summed E-state index contributed by atoms with van der Waals surface area (Å²) in [5, 5.41) is 31.7. The van der Waals surface area contributed by atoms with E-state index in [1.165, 1.54) is 29.6 Å². The van der Waals surface area contributed by atoms with Gasteiger partial charge in [-0.1, -0.05) is 4.98 Å². The molecule has 3 unspecified atom stereocenters. The fourth-order valence-corrected chi connectivity index (χ4v) is 9.52. The molecule has 0 spiro atoms. The minimum atomic E-state index is -6.11. The molecule has 2 aliphatic heterocycles. The molecule has 6 rings (SSSR count). The Kier molecular flexibility index (Phi) is 14.6. The molecule has 0 aromatic carbocycles. The maximum Gasteiger partial charge on any atom is 1.00 e. The van der Waals surface area contributed by atoms with Crippen molar-refractivity contribution in [2.45, 2.75) is 49.1 Å². The Morgan fingerprint density at radius 1 is 0.945 bits per heavy atom. The van der Waals surface area contributed by atoms with E-state index in [-0.39, 0.29) is 93.3 Å². The second-order valence-electron chi connectivity index (χ2n) is 11.5. The van der Waals surface area contributed by atoms with Crippen LogP contribution in [0.3, 0.4) is 0 Å². The minimum Gasteiger partial charge on any atom is -0.766 e. The third kappa shape index (κ3) is 9.69. The predicted octanol–water partition coefficient (Wildman–Crippen LogP) is -12.2. The van der Waals surface area contributed by atoms with E-state index in [0.29, 0.717) is 0 Å². The summed E-state index contributed by atoms with van der Waals surface area (Å²) in [6.45, 7) is -2.20. The van der Waals surface area contributed by atoms with Crippen molar-refractivity contribution in [1.82, 2.24) is 38.9 Å². The average Bonchev–Trinajstić information content (AvgIpc) is 3.77. The summed E-state index contributed by atoms with van der Waals surface area (Å²) in [5.41, 5.74) is 9.56. The second-order valence-corrected chi connectivity index (χ2v) is 16.4. The minimum absolute atomic E-state index is 0. The van der Waals surface area contributed by atoms with Crippen LogP contribution in [0.25, 0.3) is 22.3 Å². The van der Waals surface area contributed by atoms with E-state index in [1.807, 2.05) is 0 Å². The number of anilines is 2. The first-order chi connectivity index (χ1) is 24.7. The predicted molar refractivity (Wildman–Crippen MR) is 164 cm³/mol. The molecular weight excluding hydrogens is 829 g/mol. The number of phosphoric ester groups is 1. The maximum absolute atomic E-state index is 12.5. The number of aliphatic hydroxyl groups excluding tert-OH is 3. The van der Waals surface area contributed by atoms with Gasteiger partial charge in [0.25, 0.3) is 24.9 Å². The van der Waals surface area contributed by atoms with Gasteiger partial charge in [0.2, 0.25) is 33.2 Å². The smallest absolute Gasteiger partial charge is 0.766 e. The number of ether oxygens (including phenoxy) is 3. The number of rotatable bonds is 13. The van der Waals surface area contributed by atoms with Crippen molar-refractivity contribution in [2.75, 3.05) is 31.8 Å². The average molecular weight is 859 g/mol. The zero-order chi connectivity index (χ0) is 38.8. The molecule has 11 atom stereocenters. The molecular formula is C22H30N11Na2O17P3. The number of aromatic amines is 2. The van der Waals surface area contributed by atoms with Crippen molar-refractivity contribution in [3.05, 3.63) is 33.4 Å². The monoisotopic (exact) mass is 859 g/mol. The molecule has 0 saturated carbocycles. The SMILES string of the molecule is CO[C@@H]1[C@H](O)[C@@H](COP(=O)([O-])OP(=O)([O-])NP(=O)([O-])OC[C@H]2O[C@@H](n3cnc4c(=O)[nH]c(N)nc43)[C@H](O)[C@@H]2O)O[C@H]1[n+]1cn(C)c2c(=O)[nH]c(N)nc21.[Na+].[Na+]. The number of phosphoric acid groups is 1. The first-order valence-electron chi connectivity index (χ1n) is 14.8. The molecule has 33 heteroatoms. The van der Waals surface area contributed by atoms with Crippen molar-refractivity contribution in [2.24, 2.45) is 7.05 Å². The first-order valence-corrected chi connectivity index (χ1v) is 19.3. The van der Waals surface area contributed by atoms with Crippen molar-refractivity contribution < 1.29 is 135 Å². The molecule has 0 radical (unpaired) electrons. The number of hydrogen-bond acceptors (Lipinski definition) is 22. The van der Waals surface area contributed by atoms with Gasteiger partial charge in [0.1, 0.15) is 36.6 Å². The number of aromatic nitrogens is 8. The van der Waals surface area contributed by atoms with Gasteiger partial charge in [0.15, 0.2) is 23.7 Å². The standard InChI is InChI=1S/C22H32N11O17P3.2Na/c1-31-6-33(16-10(31)18(38)29-22(24)27-16)20-14(45-2)12(35)8(49-20)4-47-53(43,44)50-52(41,42)30-51(39,40)46-3-7-11(34)13(36)19(48-7)32-5-25-9-15(32)26-21(23)28-17(9)37;;/h5-8,11-14,19-20,34-36H,3-4H2,1-2H3,(H9-,23,24,26,27,28,29,30,37,38,39,40,41,42,43,44);;/q;2*+1/p-2/t7-,8-,11-,12-,13-,14-,19-,20-;;/m1../s1. The van der Waals surface area contributed by atoms with Gasteiger partial charge in [-0.3, -0.25) is 46.7 Å². The number of fused-ring (bicyclic) bond motifs is 2. The molecule has 0 bridgehead atoms. The van der Waals surface area contributed by atoms with Gasteiger partial charge in [0.05, 0.1) is 26.6 Å².